The van der Waals surface area contributed by atoms with Crippen molar-refractivity contribution in [2.75, 3.05) is 23.4 Å². The minimum Gasteiger partial charge on any atom is -0.489 e. The van der Waals surface area contributed by atoms with Gasteiger partial charge in [0.2, 0.25) is 0 Å². The van der Waals surface area contributed by atoms with E-state index in [4.69, 9.17) is 21.1 Å². The fraction of sp³-hybridized carbons (Fsp3) is 0.217. The number of hydrogen-bond donors (Lipinski definition) is 1. The van der Waals surface area contributed by atoms with Crippen LogP contribution in [0, 0.1) is 5.82 Å². The SMILES string of the molecule is CC(C)Oc1ccc(NC(=O)c2cccc3c2OCCN3c2ncccc2Cl)cc1F. The zero-order valence-corrected chi connectivity index (χ0v) is 17.8. The molecule has 2 aromatic carbocycles. The van der Waals surface area contributed by atoms with Crippen molar-refractivity contribution < 1.29 is 18.7 Å². The van der Waals surface area contributed by atoms with Gasteiger partial charge in [0, 0.05) is 18.0 Å². The largest absolute Gasteiger partial charge is 0.489 e. The van der Waals surface area contributed by atoms with Crippen LogP contribution < -0.4 is 19.7 Å². The lowest BCUT2D eigenvalue weighted by Gasteiger charge is -2.31. The van der Waals surface area contributed by atoms with Gasteiger partial charge in [-0.15, -0.1) is 0 Å². The average Bonchev–Trinajstić information content (AvgIpc) is 2.75. The summed E-state index contributed by atoms with van der Waals surface area (Å²) in [6, 6.07) is 13.1. The minimum absolute atomic E-state index is 0.135. The van der Waals surface area contributed by atoms with Crippen LogP contribution in [0.3, 0.4) is 0 Å². The highest BCUT2D eigenvalue weighted by Crippen LogP contribution is 2.40. The Labute approximate surface area is 184 Å². The molecular formula is C23H21ClFN3O3. The quantitative estimate of drug-likeness (QED) is 0.570. The number of fused-ring (bicyclic) bond motifs is 1. The molecular weight excluding hydrogens is 421 g/mol. The van der Waals surface area contributed by atoms with Crippen molar-refractivity contribution in [1.82, 2.24) is 4.98 Å². The third kappa shape index (κ3) is 4.41. The lowest BCUT2D eigenvalue weighted by Crippen LogP contribution is -2.30. The van der Waals surface area contributed by atoms with Gasteiger partial charge in [0.15, 0.2) is 23.1 Å². The third-order valence-corrected chi connectivity index (χ3v) is 4.93. The summed E-state index contributed by atoms with van der Waals surface area (Å²) in [4.78, 5) is 19.2. The first-order valence-corrected chi connectivity index (χ1v) is 10.2. The maximum atomic E-state index is 14.3. The second-order valence-corrected chi connectivity index (χ2v) is 7.64. The summed E-state index contributed by atoms with van der Waals surface area (Å²) < 4.78 is 25.5. The van der Waals surface area contributed by atoms with E-state index in [1.54, 1.807) is 36.5 Å². The van der Waals surface area contributed by atoms with Crippen molar-refractivity contribution in [3.8, 4) is 11.5 Å². The standard InChI is InChI=1S/C23H21ClFN3O3/c1-14(2)31-20-9-8-15(13-18(20)25)27-23(29)16-5-3-7-19-21(16)30-12-11-28(19)22-17(24)6-4-10-26-22/h3-10,13-14H,11-12H2,1-2H3,(H,27,29). The van der Waals surface area contributed by atoms with E-state index in [-0.39, 0.29) is 11.9 Å². The molecule has 1 aliphatic heterocycles. The minimum atomic E-state index is -0.547. The summed E-state index contributed by atoms with van der Waals surface area (Å²) in [5, 5.41) is 3.23. The van der Waals surface area contributed by atoms with Crippen molar-refractivity contribution in [3.05, 3.63) is 71.1 Å². The number of benzene rings is 2. The number of hydrogen-bond acceptors (Lipinski definition) is 5. The molecule has 1 amide bonds. The van der Waals surface area contributed by atoms with Crippen LogP contribution in [0.4, 0.5) is 21.6 Å². The fourth-order valence-corrected chi connectivity index (χ4v) is 3.57. The maximum absolute atomic E-state index is 14.3. The Balaban J connectivity index is 1.61. The van der Waals surface area contributed by atoms with Crippen molar-refractivity contribution in [2.45, 2.75) is 20.0 Å². The number of nitrogens with one attached hydrogen (secondary N) is 1. The van der Waals surface area contributed by atoms with Crippen LogP contribution >= 0.6 is 11.6 Å². The van der Waals surface area contributed by atoms with Gasteiger partial charge in [0.25, 0.3) is 5.91 Å². The van der Waals surface area contributed by atoms with E-state index >= 15 is 0 Å². The zero-order chi connectivity index (χ0) is 22.0. The van der Waals surface area contributed by atoms with Gasteiger partial charge in [-0.1, -0.05) is 17.7 Å². The maximum Gasteiger partial charge on any atom is 0.259 e. The second-order valence-electron chi connectivity index (χ2n) is 7.23. The van der Waals surface area contributed by atoms with Crippen LogP contribution in [0.1, 0.15) is 24.2 Å². The number of rotatable bonds is 5. The number of nitrogens with zero attached hydrogens (tertiary/aromatic N) is 2. The highest BCUT2D eigenvalue weighted by molar-refractivity contribution is 6.33. The van der Waals surface area contributed by atoms with Gasteiger partial charge in [-0.25, -0.2) is 9.37 Å². The van der Waals surface area contributed by atoms with Crippen LogP contribution in [0.5, 0.6) is 11.5 Å². The summed E-state index contributed by atoms with van der Waals surface area (Å²) in [6.07, 6.45) is 1.51. The van der Waals surface area contributed by atoms with E-state index in [1.807, 2.05) is 24.8 Å². The Bertz CT molecular complexity index is 1120. The molecule has 2 heterocycles. The lowest BCUT2D eigenvalue weighted by molar-refractivity contribution is 0.102. The second kappa shape index (κ2) is 8.81. The molecule has 31 heavy (non-hydrogen) atoms. The molecule has 6 nitrogen and oxygen atoms in total. The van der Waals surface area contributed by atoms with Crippen molar-refractivity contribution >= 4 is 34.7 Å². The first kappa shape index (κ1) is 20.9. The van der Waals surface area contributed by atoms with E-state index in [9.17, 15) is 9.18 Å². The van der Waals surface area contributed by atoms with E-state index in [2.05, 4.69) is 10.3 Å². The molecule has 1 aliphatic rings. The van der Waals surface area contributed by atoms with Gasteiger partial charge in [0.05, 0.1) is 28.9 Å². The summed E-state index contributed by atoms with van der Waals surface area (Å²) in [6.45, 7) is 4.53. The van der Waals surface area contributed by atoms with Gasteiger partial charge < -0.3 is 19.7 Å². The Kier molecular flexibility index (Phi) is 5.95. The Morgan fingerprint density at radius 1 is 1.26 bits per heavy atom. The molecule has 0 radical (unpaired) electrons. The first-order chi connectivity index (χ1) is 14.9. The number of pyridine rings is 1. The fourth-order valence-electron chi connectivity index (χ4n) is 3.35. The summed E-state index contributed by atoms with van der Waals surface area (Å²) in [5.41, 5.74) is 1.33. The molecule has 0 saturated carbocycles. The number of halogens is 2. The van der Waals surface area contributed by atoms with Crippen molar-refractivity contribution in [1.29, 1.82) is 0 Å². The Hall–Kier alpha value is -3.32. The molecule has 0 spiro atoms. The predicted molar refractivity (Wildman–Crippen MR) is 118 cm³/mol. The normalized spacial score (nSPS) is 12.9. The molecule has 1 aromatic heterocycles. The van der Waals surface area contributed by atoms with Gasteiger partial charge in [0.1, 0.15) is 6.61 Å². The molecule has 160 valence electrons. The Morgan fingerprint density at radius 3 is 2.84 bits per heavy atom. The summed E-state index contributed by atoms with van der Waals surface area (Å²) >= 11 is 6.32. The number of carbonyl (C=O) groups is 1. The number of para-hydroxylation sites is 1. The van der Waals surface area contributed by atoms with Crippen LogP contribution in [0.2, 0.25) is 5.02 Å². The highest BCUT2D eigenvalue weighted by Gasteiger charge is 2.26. The monoisotopic (exact) mass is 441 g/mol. The van der Waals surface area contributed by atoms with E-state index in [0.717, 1.165) is 0 Å². The number of carbonyl (C=O) groups excluding carboxylic acids is 1. The molecule has 0 atom stereocenters. The first-order valence-electron chi connectivity index (χ1n) is 9.85. The smallest absolute Gasteiger partial charge is 0.259 e. The number of ether oxygens (including phenoxy) is 2. The topological polar surface area (TPSA) is 63.7 Å². The molecule has 0 bridgehead atoms. The van der Waals surface area contributed by atoms with Crippen LogP contribution in [-0.2, 0) is 0 Å². The zero-order valence-electron chi connectivity index (χ0n) is 17.1. The van der Waals surface area contributed by atoms with Crippen LogP contribution in [0.25, 0.3) is 0 Å². The molecule has 1 N–H and O–H groups in total. The van der Waals surface area contributed by atoms with E-state index < -0.39 is 11.7 Å². The molecule has 0 aliphatic carbocycles. The molecule has 8 heteroatoms. The predicted octanol–water partition coefficient (Wildman–Crippen LogP) is 5.44. The van der Waals surface area contributed by atoms with Gasteiger partial charge in [-0.3, -0.25) is 4.79 Å². The van der Waals surface area contributed by atoms with Gasteiger partial charge >= 0.3 is 0 Å². The third-order valence-electron chi connectivity index (χ3n) is 4.64. The molecule has 0 unspecified atom stereocenters. The van der Waals surface area contributed by atoms with Gasteiger partial charge in [-0.2, -0.15) is 0 Å². The van der Waals surface area contributed by atoms with Gasteiger partial charge in [-0.05, 0) is 50.2 Å². The average molecular weight is 442 g/mol. The number of aromatic nitrogens is 1. The van der Waals surface area contributed by atoms with E-state index in [0.29, 0.717) is 46.7 Å². The molecule has 0 fully saturated rings. The number of anilines is 3. The van der Waals surface area contributed by atoms with Crippen molar-refractivity contribution in [2.24, 2.45) is 0 Å². The van der Waals surface area contributed by atoms with E-state index in [1.165, 1.54) is 12.1 Å². The summed E-state index contributed by atoms with van der Waals surface area (Å²) in [5.74, 6) is 0.190. The number of amides is 1. The van der Waals surface area contributed by atoms with Crippen molar-refractivity contribution in [3.63, 3.8) is 0 Å². The highest BCUT2D eigenvalue weighted by atomic mass is 35.5. The van der Waals surface area contributed by atoms with Crippen LogP contribution in [-0.4, -0.2) is 30.1 Å². The summed E-state index contributed by atoms with van der Waals surface area (Å²) in [7, 11) is 0. The molecule has 4 rings (SSSR count). The Morgan fingerprint density at radius 2 is 2.10 bits per heavy atom. The van der Waals surface area contributed by atoms with Crippen LogP contribution in [0.15, 0.2) is 54.7 Å². The molecule has 0 saturated heterocycles. The molecule has 3 aromatic rings. The lowest BCUT2D eigenvalue weighted by atomic mass is 10.1.